The summed E-state index contributed by atoms with van der Waals surface area (Å²) in [6.45, 7) is 0.878. The number of hydrogen-bond donors (Lipinski definition) is 2. The number of rotatable bonds is 0. The van der Waals surface area contributed by atoms with Crippen LogP contribution in [-0.2, 0) is 0 Å². The van der Waals surface area contributed by atoms with E-state index < -0.39 is 0 Å². The fourth-order valence-corrected chi connectivity index (χ4v) is 1.21. The minimum absolute atomic E-state index is 0.145. The molecule has 0 spiro atoms. The third-order valence-electron chi connectivity index (χ3n) is 0.554. The third kappa shape index (κ3) is 0.904. The summed E-state index contributed by atoms with van der Waals surface area (Å²) >= 11 is 5.53. The largest absolute Gasteiger partial charge is 0.305 e. The standard InChI is InChI=1S/C2H4ClN2P/c3-2-1-4-6-5-2/h2H,1H2,(H,4,5)/p+1. The van der Waals surface area contributed by atoms with Crippen LogP contribution in [0.3, 0.4) is 0 Å². The van der Waals surface area contributed by atoms with Gasteiger partial charge in [-0.2, -0.15) is 5.09 Å². The first-order valence-corrected chi connectivity index (χ1v) is 3.05. The van der Waals surface area contributed by atoms with E-state index in [9.17, 15) is 0 Å². The van der Waals surface area contributed by atoms with Crippen molar-refractivity contribution in [1.82, 2.24) is 5.09 Å². The van der Waals surface area contributed by atoms with Crippen LogP contribution in [0.5, 0.6) is 0 Å². The van der Waals surface area contributed by atoms with E-state index in [2.05, 4.69) is 9.83 Å². The summed E-state index contributed by atoms with van der Waals surface area (Å²) in [4.78, 5) is 0. The van der Waals surface area contributed by atoms with Crippen molar-refractivity contribution >= 4 is 20.1 Å². The molecule has 6 heavy (non-hydrogen) atoms. The van der Waals surface area contributed by atoms with E-state index in [0.29, 0.717) is 0 Å². The van der Waals surface area contributed by atoms with E-state index in [0.717, 1.165) is 15.1 Å². The highest BCUT2D eigenvalue weighted by Crippen LogP contribution is 1.93. The quantitative estimate of drug-likeness (QED) is 0.248. The van der Waals surface area contributed by atoms with Crippen LogP contribution < -0.4 is 9.83 Å². The molecule has 1 atom stereocenters. The van der Waals surface area contributed by atoms with Gasteiger partial charge in [-0.25, -0.2) is 4.74 Å². The van der Waals surface area contributed by atoms with Gasteiger partial charge in [0.05, 0.1) is 0 Å². The Morgan fingerprint density at radius 2 is 2.83 bits per heavy atom. The Labute approximate surface area is 42.8 Å². The first-order valence-electron chi connectivity index (χ1n) is 1.72. The topological polar surface area (TPSA) is 26.0 Å². The molecule has 0 aliphatic carbocycles. The van der Waals surface area contributed by atoms with Crippen molar-refractivity contribution in [2.75, 3.05) is 6.54 Å². The van der Waals surface area contributed by atoms with E-state index in [1.165, 1.54) is 0 Å². The van der Waals surface area contributed by atoms with E-state index in [1.807, 2.05) is 0 Å². The van der Waals surface area contributed by atoms with E-state index in [4.69, 9.17) is 11.6 Å². The lowest BCUT2D eigenvalue weighted by molar-refractivity contribution is -0.420. The van der Waals surface area contributed by atoms with Crippen molar-refractivity contribution in [2.24, 2.45) is 0 Å². The highest BCUT2D eigenvalue weighted by Gasteiger charge is 2.10. The summed E-state index contributed by atoms with van der Waals surface area (Å²) in [6, 6.07) is 0. The molecule has 2 nitrogen and oxygen atoms in total. The van der Waals surface area contributed by atoms with Gasteiger partial charge < -0.3 is 0 Å². The summed E-state index contributed by atoms with van der Waals surface area (Å²) in [7, 11) is 1.05. The molecule has 0 radical (unpaired) electrons. The molecule has 0 fully saturated rings. The first-order chi connectivity index (χ1) is 2.89. The number of nitrogens with one attached hydrogen (secondary N) is 2. The average molecular weight is 124 g/mol. The van der Waals surface area contributed by atoms with Gasteiger partial charge in [0, 0.05) is 0 Å². The summed E-state index contributed by atoms with van der Waals surface area (Å²) in [5.41, 5.74) is 0.145. The zero-order chi connectivity index (χ0) is 4.41. The zero-order valence-corrected chi connectivity index (χ0v) is 4.76. The van der Waals surface area contributed by atoms with Gasteiger partial charge in [0.1, 0.15) is 0 Å². The molecule has 4 heteroatoms. The summed E-state index contributed by atoms with van der Waals surface area (Å²) in [5, 5.41) is 2.95. The fourth-order valence-electron chi connectivity index (χ4n) is 0.287. The molecular weight excluding hydrogens is 118 g/mol. The maximum Gasteiger partial charge on any atom is 0.305 e. The highest BCUT2D eigenvalue weighted by molar-refractivity contribution is 7.21. The van der Waals surface area contributed by atoms with Crippen LogP contribution in [0.15, 0.2) is 0 Å². The second kappa shape index (κ2) is 1.87. The molecule has 1 aliphatic heterocycles. The van der Waals surface area contributed by atoms with E-state index >= 15 is 0 Å². The molecule has 1 heterocycles. The Morgan fingerprint density at radius 3 is 3.00 bits per heavy atom. The molecule has 0 saturated heterocycles. The van der Waals surface area contributed by atoms with Crippen molar-refractivity contribution in [2.45, 2.75) is 5.50 Å². The van der Waals surface area contributed by atoms with Crippen molar-refractivity contribution in [1.29, 1.82) is 0 Å². The molecular formula is C2H5ClN2P+. The molecule has 0 aromatic heterocycles. The van der Waals surface area contributed by atoms with Gasteiger partial charge in [-0.1, -0.05) is 11.6 Å². The molecule has 0 amide bonds. The van der Waals surface area contributed by atoms with Gasteiger partial charge in [-0.05, 0) is 0 Å². The molecule has 1 aliphatic rings. The molecule has 2 N–H and O–H groups in total. The van der Waals surface area contributed by atoms with Crippen molar-refractivity contribution in [3.05, 3.63) is 0 Å². The minimum Gasteiger partial charge on any atom is -0.216 e. The summed E-state index contributed by atoms with van der Waals surface area (Å²) in [5.74, 6) is 0. The Kier molecular flexibility index (Phi) is 1.41. The first kappa shape index (κ1) is 4.51. The Hall–Kier alpha value is 0.350. The Balaban J connectivity index is 2.32. The number of halogens is 1. The van der Waals surface area contributed by atoms with Gasteiger partial charge in [0.25, 0.3) is 0 Å². The van der Waals surface area contributed by atoms with E-state index in [1.54, 1.807) is 0 Å². The SMILES string of the molecule is ClC1C[NH+]=PN1. The molecule has 0 bridgehead atoms. The lowest BCUT2D eigenvalue weighted by Gasteiger charge is -1.83. The van der Waals surface area contributed by atoms with E-state index in [-0.39, 0.29) is 5.50 Å². The van der Waals surface area contributed by atoms with Crippen LogP contribution in [0.25, 0.3) is 0 Å². The zero-order valence-electron chi connectivity index (χ0n) is 3.11. The van der Waals surface area contributed by atoms with Gasteiger partial charge in [0.2, 0.25) is 0 Å². The second-order valence-corrected chi connectivity index (χ2v) is 2.40. The molecule has 1 unspecified atom stereocenters. The Bertz CT molecular complexity index is 65.9. The number of alkyl halides is 1. The lowest BCUT2D eigenvalue weighted by atomic mass is 10.7. The van der Waals surface area contributed by atoms with Crippen LogP contribution in [0.2, 0.25) is 0 Å². The highest BCUT2D eigenvalue weighted by atomic mass is 35.5. The van der Waals surface area contributed by atoms with Crippen LogP contribution >= 0.6 is 20.1 Å². The van der Waals surface area contributed by atoms with Gasteiger partial charge in [0.15, 0.2) is 12.0 Å². The average Bonchev–Trinajstić information content (AvgIpc) is 1.86. The van der Waals surface area contributed by atoms with Crippen LogP contribution in [0.1, 0.15) is 0 Å². The maximum absolute atomic E-state index is 5.53. The summed E-state index contributed by atoms with van der Waals surface area (Å²) < 4.78 is 3.00. The lowest BCUT2D eigenvalue weighted by Crippen LogP contribution is -2.61. The number of hydrogen-bond acceptors (Lipinski definition) is 1. The normalized spacial score (nSPS) is 34.5. The Morgan fingerprint density at radius 1 is 2.00 bits per heavy atom. The fraction of sp³-hybridized carbons (Fsp3) is 1.00. The van der Waals surface area contributed by atoms with Crippen LogP contribution in [-0.4, -0.2) is 12.0 Å². The monoisotopic (exact) mass is 123 g/mol. The van der Waals surface area contributed by atoms with Gasteiger partial charge in [-0.15, -0.1) is 0 Å². The van der Waals surface area contributed by atoms with Crippen LogP contribution in [0.4, 0.5) is 0 Å². The molecule has 1 rings (SSSR count). The molecule has 0 aromatic carbocycles. The van der Waals surface area contributed by atoms with Crippen LogP contribution in [0, 0.1) is 0 Å². The van der Waals surface area contributed by atoms with Gasteiger partial charge in [-0.3, -0.25) is 0 Å². The maximum atomic E-state index is 5.53. The molecule has 0 saturated carbocycles. The predicted octanol–water partition coefficient (Wildman–Crippen LogP) is -0.720. The minimum atomic E-state index is 0.145. The van der Waals surface area contributed by atoms with Crippen molar-refractivity contribution in [3.8, 4) is 0 Å². The summed E-state index contributed by atoms with van der Waals surface area (Å²) in [6.07, 6.45) is 0. The van der Waals surface area contributed by atoms with Gasteiger partial charge >= 0.3 is 8.52 Å². The third-order valence-corrected chi connectivity index (χ3v) is 1.75. The molecule has 34 valence electrons. The van der Waals surface area contributed by atoms with Crippen molar-refractivity contribution in [3.63, 3.8) is 0 Å². The molecule has 0 aromatic rings. The second-order valence-electron chi connectivity index (χ2n) is 1.07. The smallest absolute Gasteiger partial charge is 0.216 e. The predicted molar refractivity (Wildman–Crippen MR) is 25.5 cm³/mol. The van der Waals surface area contributed by atoms with Crippen molar-refractivity contribution < 1.29 is 4.74 Å².